The molecular formula is C26H30N2O4. The lowest BCUT2D eigenvalue weighted by Crippen LogP contribution is -2.51. The van der Waals surface area contributed by atoms with Crippen molar-refractivity contribution < 1.29 is 19.1 Å². The van der Waals surface area contributed by atoms with Crippen molar-refractivity contribution in [1.82, 2.24) is 0 Å². The fourth-order valence-electron chi connectivity index (χ4n) is 6.41. The van der Waals surface area contributed by atoms with Crippen LogP contribution in [0.4, 0.5) is 11.4 Å². The number of benzene rings is 2. The van der Waals surface area contributed by atoms with Gasteiger partial charge in [-0.2, -0.15) is 0 Å². The standard InChI is InChI=1S/C26H30N2O4/c1-31-22-7-2-3-8-23(22)32-16-24(29)27-20-5-4-6-21(12-20)28-25(30)26-13-17-9-18(14-26)11-19(10-17)15-26/h2-8,12,17-19H,9-11,13-16H2,1H3,(H,27,29)(H,28,30). The van der Waals surface area contributed by atoms with Crippen LogP contribution in [0.1, 0.15) is 38.5 Å². The van der Waals surface area contributed by atoms with E-state index in [1.165, 1.54) is 19.3 Å². The number of hydrogen-bond donors (Lipinski definition) is 2. The summed E-state index contributed by atoms with van der Waals surface area (Å²) in [6.07, 6.45) is 7.02. The van der Waals surface area contributed by atoms with Crippen LogP contribution in [0.3, 0.4) is 0 Å². The molecule has 2 amide bonds. The van der Waals surface area contributed by atoms with Gasteiger partial charge in [0.1, 0.15) is 0 Å². The minimum atomic E-state index is -0.277. The van der Waals surface area contributed by atoms with Gasteiger partial charge in [0.15, 0.2) is 18.1 Å². The van der Waals surface area contributed by atoms with E-state index in [9.17, 15) is 9.59 Å². The zero-order chi connectivity index (χ0) is 22.1. The minimum Gasteiger partial charge on any atom is -0.493 e. The molecule has 4 fully saturated rings. The zero-order valence-corrected chi connectivity index (χ0v) is 18.4. The van der Waals surface area contributed by atoms with E-state index in [4.69, 9.17) is 9.47 Å². The Hall–Kier alpha value is -3.02. The quantitative estimate of drug-likeness (QED) is 0.652. The Morgan fingerprint density at radius 3 is 2.09 bits per heavy atom. The molecule has 6 nitrogen and oxygen atoms in total. The molecule has 4 aliphatic carbocycles. The molecule has 0 aliphatic heterocycles. The van der Waals surface area contributed by atoms with Gasteiger partial charge in [-0.15, -0.1) is 0 Å². The Balaban J connectivity index is 1.19. The van der Waals surface area contributed by atoms with Crippen molar-refractivity contribution in [3.63, 3.8) is 0 Å². The summed E-state index contributed by atoms with van der Waals surface area (Å²) in [5.74, 6) is 3.14. The van der Waals surface area contributed by atoms with Crippen LogP contribution in [-0.2, 0) is 9.59 Å². The summed E-state index contributed by atoms with van der Waals surface area (Å²) in [6, 6.07) is 14.5. The Morgan fingerprint density at radius 1 is 0.875 bits per heavy atom. The van der Waals surface area contributed by atoms with Gasteiger partial charge in [0, 0.05) is 11.4 Å². The number of hydrogen-bond acceptors (Lipinski definition) is 4. The molecule has 0 radical (unpaired) electrons. The minimum absolute atomic E-state index is 0.135. The van der Waals surface area contributed by atoms with E-state index in [-0.39, 0.29) is 23.8 Å². The van der Waals surface area contributed by atoms with Crippen molar-refractivity contribution in [1.29, 1.82) is 0 Å². The van der Waals surface area contributed by atoms with E-state index in [0.717, 1.165) is 37.0 Å². The molecule has 0 atom stereocenters. The summed E-state index contributed by atoms with van der Waals surface area (Å²) in [7, 11) is 1.56. The van der Waals surface area contributed by atoms with Crippen molar-refractivity contribution in [2.45, 2.75) is 38.5 Å². The molecule has 2 N–H and O–H groups in total. The number of anilines is 2. The van der Waals surface area contributed by atoms with Crippen molar-refractivity contribution >= 4 is 23.2 Å². The fourth-order valence-corrected chi connectivity index (χ4v) is 6.41. The van der Waals surface area contributed by atoms with E-state index in [0.29, 0.717) is 22.9 Å². The van der Waals surface area contributed by atoms with Crippen LogP contribution in [-0.4, -0.2) is 25.5 Å². The first-order valence-electron chi connectivity index (χ1n) is 11.5. The van der Waals surface area contributed by atoms with Gasteiger partial charge in [-0.3, -0.25) is 9.59 Å². The Kier molecular flexibility index (Phi) is 5.53. The normalized spacial score (nSPS) is 27.6. The molecule has 0 saturated heterocycles. The number of carbonyl (C=O) groups excluding carboxylic acids is 2. The lowest BCUT2D eigenvalue weighted by Gasteiger charge is -2.55. The SMILES string of the molecule is COc1ccccc1OCC(=O)Nc1cccc(NC(=O)C23CC4CC(CC(C4)C2)C3)c1. The van der Waals surface area contributed by atoms with E-state index >= 15 is 0 Å². The average molecular weight is 435 g/mol. The molecule has 2 aromatic carbocycles. The smallest absolute Gasteiger partial charge is 0.262 e. The first-order chi connectivity index (χ1) is 15.5. The molecule has 2 aromatic rings. The third-order valence-corrected chi connectivity index (χ3v) is 7.35. The molecular weight excluding hydrogens is 404 g/mol. The van der Waals surface area contributed by atoms with Gasteiger partial charge in [0.25, 0.3) is 5.91 Å². The largest absolute Gasteiger partial charge is 0.493 e. The van der Waals surface area contributed by atoms with Crippen molar-refractivity contribution in [3.8, 4) is 11.5 Å². The molecule has 0 heterocycles. The molecule has 0 unspecified atom stereocenters. The monoisotopic (exact) mass is 434 g/mol. The first kappa shape index (κ1) is 20.9. The fraction of sp³-hybridized carbons (Fsp3) is 0.462. The van der Waals surface area contributed by atoms with Crippen LogP contribution >= 0.6 is 0 Å². The van der Waals surface area contributed by atoms with Crippen molar-refractivity contribution in [2.24, 2.45) is 23.2 Å². The van der Waals surface area contributed by atoms with E-state index in [1.807, 2.05) is 24.3 Å². The number of methoxy groups -OCH3 is 1. The molecule has 0 spiro atoms. The van der Waals surface area contributed by atoms with Crippen molar-refractivity contribution in [2.75, 3.05) is 24.4 Å². The summed E-state index contributed by atoms with van der Waals surface area (Å²) in [5, 5.41) is 5.99. The van der Waals surface area contributed by atoms with Crippen LogP contribution in [0, 0.1) is 23.2 Å². The second-order valence-corrected chi connectivity index (χ2v) is 9.72. The maximum atomic E-state index is 13.3. The average Bonchev–Trinajstić information content (AvgIpc) is 2.77. The molecule has 0 aromatic heterocycles. The van der Waals surface area contributed by atoms with E-state index < -0.39 is 0 Å². The highest BCUT2D eigenvalue weighted by Crippen LogP contribution is 2.60. The van der Waals surface area contributed by atoms with Crippen molar-refractivity contribution in [3.05, 3.63) is 48.5 Å². The molecule has 4 aliphatic rings. The number of carbonyl (C=O) groups is 2. The Labute approximate surface area is 188 Å². The van der Waals surface area contributed by atoms with Gasteiger partial charge in [-0.05, 0) is 86.6 Å². The van der Waals surface area contributed by atoms with Crippen LogP contribution in [0.5, 0.6) is 11.5 Å². The van der Waals surface area contributed by atoms with Gasteiger partial charge in [-0.25, -0.2) is 0 Å². The van der Waals surface area contributed by atoms with Crippen LogP contribution in [0.15, 0.2) is 48.5 Å². The van der Waals surface area contributed by atoms with Gasteiger partial charge < -0.3 is 20.1 Å². The van der Waals surface area contributed by atoms with Gasteiger partial charge in [0.2, 0.25) is 5.91 Å². The zero-order valence-electron chi connectivity index (χ0n) is 18.4. The molecule has 4 bridgehead atoms. The predicted octanol–water partition coefficient (Wildman–Crippen LogP) is 4.87. The Morgan fingerprint density at radius 2 is 1.47 bits per heavy atom. The van der Waals surface area contributed by atoms with Gasteiger partial charge in [0.05, 0.1) is 12.5 Å². The number of ether oxygens (including phenoxy) is 2. The number of para-hydroxylation sites is 2. The second-order valence-electron chi connectivity index (χ2n) is 9.72. The van der Waals surface area contributed by atoms with Crippen LogP contribution in [0.2, 0.25) is 0 Å². The molecule has 168 valence electrons. The summed E-state index contributed by atoms with van der Waals surface area (Å²) in [6.45, 7) is -0.135. The highest BCUT2D eigenvalue weighted by atomic mass is 16.5. The third kappa shape index (κ3) is 4.18. The first-order valence-corrected chi connectivity index (χ1v) is 11.5. The maximum absolute atomic E-state index is 13.3. The lowest BCUT2D eigenvalue weighted by molar-refractivity contribution is -0.140. The molecule has 6 heteroatoms. The molecule has 4 saturated carbocycles. The predicted molar refractivity (Wildman–Crippen MR) is 123 cm³/mol. The molecule has 32 heavy (non-hydrogen) atoms. The summed E-state index contributed by atoms with van der Waals surface area (Å²) in [5.41, 5.74) is 1.15. The van der Waals surface area contributed by atoms with Crippen LogP contribution < -0.4 is 20.1 Å². The van der Waals surface area contributed by atoms with Gasteiger partial charge in [-0.1, -0.05) is 18.2 Å². The van der Waals surface area contributed by atoms with Gasteiger partial charge >= 0.3 is 0 Å². The summed E-state index contributed by atoms with van der Waals surface area (Å²) in [4.78, 5) is 25.7. The van der Waals surface area contributed by atoms with E-state index in [1.54, 1.807) is 31.4 Å². The second kappa shape index (κ2) is 8.49. The topological polar surface area (TPSA) is 76.7 Å². The van der Waals surface area contributed by atoms with Crippen LogP contribution in [0.25, 0.3) is 0 Å². The summed E-state index contributed by atoms with van der Waals surface area (Å²) < 4.78 is 10.8. The number of rotatable bonds is 7. The highest BCUT2D eigenvalue weighted by Gasteiger charge is 2.54. The Bertz CT molecular complexity index is 983. The maximum Gasteiger partial charge on any atom is 0.262 e. The lowest BCUT2D eigenvalue weighted by atomic mass is 9.49. The highest BCUT2D eigenvalue weighted by molar-refractivity contribution is 5.97. The van der Waals surface area contributed by atoms with E-state index in [2.05, 4.69) is 10.6 Å². The third-order valence-electron chi connectivity index (χ3n) is 7.35. The number of nitrogens with one attached hydrogen (secondary N) is 2. The number of amides is 2. The summed E-state index contributed by atoms with van der Waals surface area (Å²) >= 11 is 0. The molecule has 6 rings (SSSR count).